The summed E-state index contributed by atoms with van der Waals surface area (Å²) in [6.07, 6.45) is 11.1. The molecule has 26 heavy (non-hydrogen) atoms. The van der Waals surface area contributed by atoms with Crippen molar-refractivity contribution in [3.8, 4) is 11.8 Å². The van der Waals surface area contributed by atoms with Gasteiger partial charge in [0.25, 0.3) is 0 Å². The number of nitrogens with two attached hydrogens (primary N) is 1. The molecule has 5 nitrogen and oxygen atoms in total. The van der Waals surface area contributed by atoms with E-state index in [-0.39, 0.29) is 0 Å². The summed E-state index contributed by atoms with van der Waals surface area (Å²) in [5.41, 5.74) is 7.57. The zero-order valence-electron chi connectivity index (χ0n) is 15.5. The van der Waals surface area contributed by atoms with Crippen molar-refractivity contribution in [1.82, 2.24) is 19.5 Å². The van der Waals surface area contributed by atoms with Gasteiger partial charge in [0.05, 0.1) is 6.33 Å². The fourth-order valence-corrected chi connectivity index (χ4v) is 6.05. The molecule has 4 saturated carbocycles. The van der Waals surface area contributed by atoms with Gasteiger partial charge in [-0.3, -0.25) is 0 Å². The number of nitrogens with zero attached hydrogens (tertiary/aromatic N) is 4. The Bertz CT molecular complexity index is 859. The van der Waals surface area contributed by atoms with Crippen LogP contribution in [0.3, 0.4) is 0 Å². The minimum Gasteiger partial charge on any atom is -0.382 e. The molecule has 0 unspecified atom stereocenters. The van der Waals surface area contributed by atoms with Crippen molar-refractivity contribution >= 4 is 17.0 Å². The van der Waals surface area contributed by atoms with E-state index >= 15 is 0 Å². The third-order valence-corrected chi connectivity index (χ3v) is 6.92. The van der Waals surface area contributed by atoms with Gasteiger partial charge in [0.1, 0.15) is 5.52 Å². The molecule has 5 heteroatoms. The molecule has 136 valence electrons. The summed E-state index contributed by atoms with van der Waals surface area (Å²) in [7, 11) is 0. The normalized spacial score (nSPS) is 32.0. The fourth-order valence-electron chi connectivity index (χ4n) is 6.05. The van der Waals surface area contributed by atoms with Crippen molar-refractivity contribution in [2.45, 2.75) is 58.4 Å². The van der Waals surface area contributed by atoms with Crippen LogP contribution in [0.4, 0.5) is 5.82 Å². The number of aryl methyl sites for hydroxylation is 1. The highest BCUT2D eigenvalue weighted by molar-refractivity contribution is 5.81. The van der Waals surface area contributed by atoms with Gasteiger partial charge < -0.3 is 10.3 Å². The second-order valence-electron chi connectivity index (χ2n) is 8.64. The Kier molecular flexibility index (Phi) is 3.88. The monoisotopic (exact) mass is 349 g/mol. The second-order valence-corrected chi connectivity index (χ2v) is 8.64. The molecule has 0 spiro atoms. The van der Waals surface area contributed by atoms with Crippen molar-refractivity contribution in [3.05, 3.63) is 12.2 Å². The van der Waals surface area contributed by atoms with Gasteiger partial charge in [-0.2, -0.15) is 0 Å². The summed E-state index contributed by atoms with van der Waals surface area (Å²) >= 11 is 0. The fraction of sp³-hybridized carbons (Fsp3) is 0.667. The summed E-state index contributed by atoms with van der Waals surface area (Å²) in [6, 6.07) is 0. The molecule has 0 amide bonds. The Balaban J connectivity index is 1.36. The minimum absolute atomic E-state index is 0.434. The van der Waals surface area contributed by atoms with Crippen LogP contribution in [-0.2, 0) is 6.54 Å². The van der Waals surface area contributed by atoms with E-state index in [0.717, 1.165) is 54.6 Å². The SMILES string of the molecule is CCCn1cnc2c(N)nc(C#CCC3C4CC5CC(C4)CC3C5)nc21. The first-order chi connectivity index (χ1) is 12.7. The Hall–Kier alpha value is -2.09. The lowest BCUT2D eigenvalue weighted by Crippen LogP contribution is -2.44. The van der Waals surface area contributed by atoms with Gasteiger partial charge in [-0.15, -0.1) is 0 Å². The molecule has 0 aromatic carbocycles. The average molecular weight is 349 g/mol. The van der Waals surface area contributed by atoms with Crippen LogP contribution in [0.2, 0.25) is 0 Å². The maximum absolute atomic E-state index is 6.08. The summed E-state index contributed by atoms with van der Waals surface area (Å²) in [5.74, 6) is 12.2. The topological polar surface area (TPSA) is 69.6 Å². The molecule has 0 radical (unpaired) electrons. The highest BCUT2D eigenvalue weighted by Crippen LogP contribution is 2.57. The van der Waals surface area contributed by atoms with Crippen molar-refractivity contribution in [2.24, 2.45) is 29.6 Å². The van der Waals surface area contributed by atoms with E-state index in [1.807, 2.05) is 4.57 Å². The molecular weight excluding hydrogens is 322 g/mol. The number of aromatic nitrogens is 4. The smallest absolute Gasteiger partial charge is 0.208 e. The van der Waals surface area contributed by atoms with Crippen LogP contribution >= 0.6 is 0 Å². The van der Waals surface area contributed by atoms with Crippen LogP contribution in [0.1, 0.15) is 57.7 Å². The molecule has 4 fully saturated rings. The van der Waals surface area contributed by atoms with E-state index in [1.165, 1.54) is 32.1 Å². The molecule has 2 aromatic rings. The molecule has 2 heterocycles. The first-order valence-electron chi connectivity index (χ1n) is 10.2. The summed E-state index contributed by atoms with van der Waals surface area (Å²) in [4.78, 5) is 13.3. The molecule has 4 aliphatic carbocycles. The predicted octanol–water partition coefficient (Wildman–Crippen LogP) is 3.63. The van der Waals surface area contributed by atoms with Crippen LogP contribution < -0.4 is 5.73 Å². The Morgan fingerprint density at radius 3 is 2.54 bits per heavy atom. The number of hydrogen-bond acceptors (Lipinski definition) is 4. The largest absolute Gasteiger partial charge is 0.382 e. The summed E-state index contributed by atoms with van der Waals surface area (Å²) in [6.45, 7) is 3.02. The van der Waals surface area contributed by atoms with E-state index in [9.17, 15) is 0 Å². The number of nitrogen functional groups attached to an aromatic ring is 1. The van der Waals surface area contributed by atoms with Crippen LogP contribution in [0.15, 0.2) is 6.33 Å². The zero-order chi connectivity index (χ0) is 17.7. The lowest BCUT2D eigenvalue weighted by atomic mass is 9.51. The molecular formula is C21H27N5. The van der Waals surface area contributed by atoms with Crippen LogP contribution in [0.5, 0.6) is 0 Å². The molecule has 0 saturated heterocycles. The van der Waals surface area contributed by atoms with Crippen LogP contribution in [0, 0.1) is 41.4 Å². The second kappa shape index (κ2) is 6.26. The van der Waals surface area contributed by atoms with Crippen molar-refractivity contribution in [1.29, 1.82) is 0 Å². The van der Waals surface area contributed by atoms with Gasteiger partial charge in [0.2, 0.25) is 5.82 Å². The lowest BCUT2D eigenvalue weighted by molar-refractivity contribution is -0.0340. The first-order valence-corrected chi connectivity index (χ1v) is 10.2. The Morgan fingerprint density at radius 1 is 1.12 bits per heavy atom. The van der Waals surface area contributed by atoms with E-state index < -0.39 is 0 Å². The van der Waals surface area contributed by atoms with Gasteiger partial charge >= 0.3 is 0 Å². The van der Waals surface area contributed by atoms with Crippen LogP contribution in [-0.4, -0.2) is 19.5 Å². The number of anilines is 1. The van der Waals surface area contributed by atoms with E-state index in [0.29, 0.717) is 17.2 Å². The molecule has 4 aliphatic rings. The standard InChI is InChI=1S/C21H27N5/c1-2-6-26-12-23-19-20(22)24-18(25-21(19)26)5-3-4-17-15-8-13-7-14(10-15)11-16(17)9-13/h12-17H,2,4,6-11H2,1H3,(H2,22,24,25). The third kappa shape index (κ3) is 2.67. The Labute approximate surface area is 154 Å². The highest BCUT2D eigenvalue weighted by atomic mass is 15.1. The third-order valence-electron chi connectivity index (χ3n) is 6.92. The van der Waals surface area contributed by atoms with Crippen LogP contribution in [0.25, 0.3) is 11.2 Å². The first kappa shape index (κ1) is 16.1. The molecule has 2 aromatic heterocycles. The van der Waals surface area contributed by atoms with Crippen molar-refractivity contribution in [2.75, 3.05) is 5.73 Å². The van der Waals surface area contributed by atoms with Gasteiger partial charge in [0, 0.05) is 13.0 Å². The average Bonchev–Trinajstić information content (AvgIpc) is 3.01. The van der Waals surface area contributed by atoms with E-state index in [2.05, 4.69) is 33.7 Å². The molecule has 6 rings (SSSR count). The molecule has 4 bridgehead atoms. The quantitative estimate of drug-likeness (QED) is 0.859. The molecule has 0 aliphatic heterocycles. The molecule has 0 atom stereocenters. The minimum atomic E-state index is 0.434. The summed E-state index contributed by atoms with van der Waals surface area (Å²) < 4.78 is 2.04. The maximum atomic E-state index is 6.08. The summed E-state index contributed by atoms with van der Waals surface area (Å²) in [5, 5.41) is 0. The van der Waals surface area contributed by atoms with Gasteiger partial charge in [0.15, 0.2) is 11.5 Å². The van der Waals surface area contributed by atoms with E-state index in [1.54, 1.807) is 6.33 Å². The molecule has 2 N–H and O–H groups in total. The Morgan fingerprint density at radius 2 is 1.85 bits per heavy atom. The highest BCUT2D eigenvalue weighted by Gasteiger charge is 2.47. The van der Waals surface area contributed by atoms with Gasteiger partial charge in [-0.05, 0) is 74.0 Å². The lowest BCUT2D eigenvalue weighted by Gasteiger charge is -2.54. The van der Waals surface area contributed by atoms with Crippen molar-refractivity contribution < 1.29 is 0 Å². The zero-order valence-corrected chi connectivity index (χ0v) is 15.5. The number of imidazole rings is 1. The number of hydrogen-bond donors (Lipinski definition) is 1. The number of rotatable bonds is 3. The van der Waals surface area contributed by atoms with Crippen molar-refractivity contribution in [3.63, 3.8) is 0 Å². The van der Waals surface area contributed by atoms with Gasteiger partial charge in [-0.1, -0.05) is 12.8 Å². The van der Waals surface area contributed by atoms with E-state index in [4.69, 9.17) is 5.73 Å². The predicted molar refractivity (Wildman–Crippen MR) is 102 cm³/mol. The number of fused-ring (bicyclic) bond motifs is 1. The van der Waals surface area contributed by atoms with Gasteiger partial charge in [-0.25, -0.2) is 15.0 Å². The maximum Gasteiger partial charge on any atom is 0.208 e.